The molecule has 0 amide bonds. The highest BCUT2D eigenvalue weighted by molar-refractivity contribution is 8.03. The van der Waals surface area contributed by atoms with Crippen molar-refractivity contribution in [2.24, 2.45) is 0 Å². The number of rotatable bonds is 2. The number of thioether (sulfide) groups is 1. The minimum absolute atomic E-state index is 0.120. The Balaban J connectivity index is 1.88. The minimum atomic E-state index is 0.120. The van der Waals surface area contributed by atoms with Crippen LogP contribution in [0.5, 0.6) is 0 Å². The maximum atomic E-state index is 11.8. The van der Waals surface area contributed by atoms with Gasteiger partial charge in [-0.1, -0.05) is 68.5 Å². The molecule has 0 atom stereocenters. The molecule has 1 aliphatic carbocycles. The summed E-state index contributed by atoms with van der Waals surface area (Å²) in [5.41, 5.74) is 2.61. The van der Waals surface area contributed by atoms with Crippen molar-refractivity contribution in [1.29, 1.82) is 0 Å². The summed E-state index contributed by atoms with van der Waals surface area (Å²) in [5, 5.41) is 1.06. The Morgan fingerprint density at radius 2 is 1.68 bits per heavy atom. The standard InChI is InChI=1S/C22H29NOS/c1-18(24)17-22-23(20-15-11-12-16-21(20)25-22)19-13-9-7-5-3-2-4-6-8-10-14-19/h11-13,15-17H,2-10,14H2,1H3/b19-13-,22-17-. The number of allylic oxidation sites excluding steroid dienone is 3. The molecule has 3 heteroatoms. The summed E-state index contributed by atoms with van der Waals surface area (Å²) < 4.78 is 0. The van der Waals surface area contributed by atoms with Gasteiger partial charge in [0.2, 0.25) is 0 Å². The second-order valence-corrected chi connectivity index (χ2v) is 8.12. The highest BCUT2D eigenvalue weighted by Crippen LogP contribution is 2.48. The summed E-state index contributed by atoms with van der Waals surface area (Å²) in [4.78, 5) is 15.3. The molecule has 134 valence electrons. The van der Waals surface area contributed by atoms with Crippen molar-refractivity contribution < 1.29 is 4.79 Å². The van der Waals surface area contributed by atoms with Crippen LogP contribution in [0.2, 0.25) is 0 Å². The highest BCUT2D eigenvalue weighted by Gasteiger charge is 2.27. The third-order valence-electron chi connectivity index (χ3n) is 4.92. The van der Waals surface area contributed by atoms with Gasteiger partial charge in [-0.05, 0) is 44.7 Å². The summed E-state index contributed by atoms with van der Waals surface area (Å²) in [5.74, 6) is 0.120. The van der Waals surface area contributed by atoms with Gasteiger partial charge in [0.25, 0.3) is 0 Å². The number of nitrogens with zero attached hydrogens (tertiary/aromatic N) is 1. The molecule has 1 heterocycles. The fraction of sp³-hybridized carbons (Fsp3) is 0.500. The van der Waals surface area contributed by atoms with E-state index in [2.05, 4.69) is 35.2 Å². The summed E-state index contributed by atoms with van der Waals surface area (Å²) in [7, 11) is 0. The van der Waals surface area contributed by atoms with Crippen LogP contribution in [-0.4, -0.2) is 5.78 Å². The van der Waals surface area contributed by atoms with Gasteiger partial charge in [-0.2, -0.15) is 0 Å². The number of carbonyl (C=O) groups is 1. The molecular formula is C22H29NOS. The van der Waals surface area contributed by atoms with Crippen LogP contribution in [0.1, 0.15) is 71.1 Å². The fourth-order valence-corrected chi connectivity index (χ4v) is 4.82. The predicted octanol–water partition coefficient (Wildman–Crippen LogP) is 6.83. The quantitative estimate of drug-likeness (QED) is 0.542. The molecule has 0 N–H and O–H groups in total. The van der Waals surface area contributed by atoms with Gasteiger partial charge >= 0.3 is 0 Å². The second-order valence-electron chi connectivity index (χ2n) is 7.06. The van der Waals surface area contributed by atoms with E-state index >= 15 is 0 Å². The lowest BCUT2D eigenvalue weighted by molar-refractivity contribution is -0.112. The van der Waals surface area contributed by atoms with Gasteiger partial charge in [-0.3, -0.25) is 4.79 Å². The van der Waals surface area contributed by atoms with E-state index in [0.717, 1.165) is 17.9 Å². The monoisotopic (exact) mass is 355 g/mol. The van der Waals surface area contributed by atoms with Crippen molar-refractivity contribution in [1.82, 2.24) is 0 Å². The minimum Gasteiger partial charge on any atom is -0.307 e. The third kappa shape index (κ3) is 5.01. The molecule has 2 nitrogen and oxygen atoms in total. The number of hydrogen-bond acceptors (Lipinski definition) is 3. The number of anilines is 1. The van der Waals surface area contributed by atoms with E-state index in [1.165, 1.54) is 67.6 Å². The average Bonchev–Trinajstić information content (AvgIpc) is 2.92. The smallest absolute Gasteiger partial charge is 0.155 e. The lowest BCUT2D eigenvalue weighted by Crippen LogP contribution is -2.18. The van der Waals surface area contributed by atoms with Crippen molar-refractivity contribution in [2.75, 3.05) is 4.90 Å². The molecule has 0 unspecified atom stereocenters. The normalized spacial score (nSPS) is 23.3. The zero-order valence-electron chi connectivity index (χ0n) is 15.3. The molecule has 0 aromatic heterocycles. The molecule has 0 bridgehead atoms. The Bertz CT molecular complexity index is 662. The van der Waals surface area contributed by atoms with Gasteiger partial charge in [0, 0.05) is 16.7 Å². The Morgan fingerprint density at radius 3 is 2.44 bits per heavy atom. The summed E-state index contributed by atoms with van der Waals surface area (Å²) in [6, 6.07) is 8.51. The van der Waals surface area contributed by atoms with Crippen LogP contribution in [0.25, 0.3) is 0 Å². The van der Waals surface area contributed by atoms with Crippen LogP contribution in [0, 0.1) is 0 Å². The van der Waals surface area contributed by atoms with Crippen molar-refractivity contribution in [3.63, 3.8) is 0 Å². The Labute approximate surface area is 156 Å². The Morgan fingerprint density at radius 1 is 1.00 bits per heavy atom. The first-order chi connectivity index (χ1) is 12.3. The number of ketones is 1. The van der Waals surface area contributed by atoms with Gasteiger partial charge in [0.1, 0.15) is 0 Å². The van der Waals surface area contributed by atoms with E-state index in [9.17, 15) is 4.79 Å². The lowest BCUT2D eigenvalue weighted by Gasteiger charge is -2.24. The SMILES string of the molecule is CC(=O)/C=C1\Sc2ccccc2N1/C1=C\CCCCCCCCCC1. The van der Waals surface area contributed by atoms with Crippen molar-refractivity contribution in [2.45, 2.75) is 76.0 Å². The van der Waals surface area contributed by atoms with Gasteiger partial charge in [-0.15, -0.1) is 0 Å². The topological polar surface area (TPSA) is 20.3 Å². The van der Waals surface area contributed by atoms with Gasteiger partial charge in [0.05, 0.1) is 10.7 Å². The van der Waals surface area contributed by atoms with E-state index in [4.69, 9.17) is 0 Å². The summed E-state index contributed by atoms with van der Waals surface area (Å²) in [6.07, 6.45) is 17.2. The van der Waals surface area contributed by atoms with Crippen molar-refractivity contribution in [3.05, 3.63) is 47.1 Å². The molecule has 25 heavy (non-hydrogen) atoms. The summed E-state index contributed by atoms with van der Waals surface area (Å²) in [6.45, 7) is 1.64. The first kappa shape index (κ1) is 18.3. The van der Waals surface area contributed by atoms with E-state index in [-0.39, 0.29) is 5.78 Å². The maximum Gasteiger partial charge on any atom is 0.155 e. The molecule has 0 spiro atoms. The van der Waals surface area contributed by atoms with E-state index in [1.807, 2.05) is 0 Å². The van der Waals surface area contributed by atoms with E-state index in [0.29, 0.717) is 0 Å². The molecule has 1 aromatic carbocycles. The van der Waals surface area contributed by atoms with Crippen molar-refractivity contribution in [3.8, 4) is 0 Å². The molecule has 1 aliphatic heterocycles. The molecule has 0 fully saturated rings. The first-order valence-electron chi connectivity index (χ1n) is 9.74. The zero-order valence-corrected chi connectivity index (χ0v) is 16.1. The number of carbonyl (C=O) groups excluding carboxylic acids is 1. The Hall–Kier alpha value is -1.48. The van der Waals surface area contributed by atoms with Crippen LogP contribution in [0.4, 0.5) is 5.69 Å². The zero-order chi connectivity index (χ0) is 17.5. The van der Waals surface area contributed by atoms with Crippen LogP contribution in [0.3, 0.4) is 0 Å². The van der Waals surface area contributed by atoms with Gasteiger partial charge < -0.3 is 4.90 Å². The molecular weight excluding hydrogens is 326 g/mol. The van der Waals surface area contributed by atoms with Crippen LogP contribution >= 0.6 is 11.8 Å². The first-order valence-corrected chi connectivity index (χ1v) is 10.6. The predicted molar refractivity (Wildman–Crippen MR) is 108 cm³/mol. The van der Waals surface area contributed by atoms with E-state index < -0.39 is 0 Å². The van der Waals surface area contributed by atoms with Gasteiger partial charge in [0.15, 0.2) is 5.78 Å². The average molecular weight is 356 g/mol. The molecule has 0 radical (unpaired) electrons. The molecule has 1 aromatic rings. The fourth-order valence-electron chi connectivity index (χ4n) is 3.65. The number of fused-ring (bicyclic) bond motifs is 1. The molecule has 0 saturated heterocycles. The number of hydrogen-bond donors (Lipinski definition) is 0. The van der Waals surface area contributed by atoms with Gasteiger partial charge in [-0.25, -0.2) is 0 Å². The number of para-hydroxylation sites is 1. The van der Waals surface area contributed by atoms with E-state index in [1.54, 1.807) is 24.8 Å². The molecule has 3 rings (SSSR count). The third-order valence-corrected chi connectivity index (χ3v) is 6.00. The lowest BCUT2D eigenvalue weighted by atomic mass is 10.0. The van der Waals surface area contributed by atoms with Crippen molar-refractivity contribution >= 4 is 23.2 Å². The molecule has 0 saturated carbocycles. The summed E-state index contributed by atoms with van der Waals surface area (Å²) >= 11 is 1.72. The second kappa shape index (κ2) is 9.28. The maximum absolute atomic E-state index is 11.8. The van der Waals surface area contributed by atoms with Crippen LogP contribution in [0.15, 0.2) is 52.0 Å². The van der Waals surface area contributed by atoms with Crippen LogP contribution < -0.4 is 4.90 Å². The van der Waals surface area contributed by atoms with Crippen LogP contribution in [-0.2, 0) is 4.79 Å². The molecule has 2 aliphatic rings. The Kier molecular flexibility index (Phi) is 6.80. The number of benzene rings is 1. The largest absolute Gasteiger partial charge is 0.307 e. The highest BCUT2D eigenvalue weighted by atomic mass is 32.2.